The highest BCUT2D eigenvalue weighted by molar-refractivity contribution is 7.99. The molecule has 13 heavy (non-hydrogen) atoms. The molecule has 1 aromatic heterocycles. The zero-order valence-electron chi connectivity index (χ0n) is 7.45. The summed E-state index contributed by atoms with van der Waals surface area (Å²) in [7, 11) is 0. The Morgan fingerprint density at radius 1 is 1.77 bits per heavy atom. The third-order valence-corrected chi connectivity index (χ3v) is 3.09. The Morgan fingerprint density at radius 3 is 3.38 bits per heavy atom. The zero-order valence-corrected chi connectivity index (χ0v) is 8.26. The van der Waals surface area contributed by atoms with E-state index in [9.17, 15) is 4.79 Å². The summed E-state index contributed by atoms with van der Waals surface area (Å²) in [4.78, 5) is 11.4. The molecule has 0 unspecified atom stereocenters. The van der Waals surface area contributed by atoms with Gasteiger partial charge in [0.05, 0.1) is 17.2 Å². The van der Waals surface area contributed by atoms with Gasteiger partial charge in [-0.15, -0.1) is 11.8 Å². The Hall–Kier alpha value is -0.900. The van der Waals surface area contributed by atoms with Gasteiger partial charge < -0.3 is 9.30 Å². The maximum Gasteiger partial charge on any atom is 0.340 e. The molecule has 0 aromatic carbocycles. The number of carbonyl (C=O) groups excluding carboxylic acids is 1. The molecule has 1 aromatic rings. The van der Waals surface area contributed by atoms with Crippen LogP contribution in [0.1, 0.15) is 17.3 Å². The third kappa shape index (κ3) is 1.46. The molecule has 70 valence electrons. The van der Waals surface area contributed by atoms with Crippen LogP contribution in [0.4, 0.5) is 0 Å². The molecule has 0 N–H and O–H groups in total. The molecule has 0 bridgehead atoms. The number of rotatable bonds is 2. The lowest BCUT2D eigenvalue weighted by molar-refractivity contribution is 0.0522. The molecule has 2 rings (SSSR count). The molecule has 0 saturated heterocycles. The predicted octanol–water partition coefficient (Wildman–Crippen LogP) is 1.77. The molecule has 3 nitrogen and oxygen atoms in total. The Bertz CT molecular complexity index is 332. The van der Waals surface area contributed by atoms with Gasteiger partial charge in [0.1, 0.15) is 0 Å². The Labute approximate surface area is 81.1 Å². The smallest absolute Gasteiger partial charge is 0.340 e. The number of aromatic nitrogens is 1. The van der Waals surface area contributed by atoms with E-state index in [-0.39, 0.29) is 5.97 Å². The van der Waals surface area contributed by atoms with E-state index in [1.54, 1.807) is 11.8 Å². The molecule has 0 radical (unpaired) electrons. The van der Waals surface area contributed by atoms with Crippen molar-refractivity contribution in [1.29, 1.82) is 0 Å². The van der Waals surface area contributed by atoms with Crippen LogP contribution in [0.3, 0.4) is 0 Å². The standard InChI is InChI=1S/C9H11NO2S/c1-2-12-9(11)7-3-4-10-5-6-13-8(7)10/h3-4H,2,5-6H2,1H3. The number of carbonyl (C=O) groups is 1. The minimum Gasteiger partial charge on any atom is -0.462 e. The number of nitrogens with zero attached hydrogens (tertiary/aromatic N) is 1. The summed E-state index contributed by atoms with van der Waals surface area (Å²) in [5.41, 5.74) is 0.712. The number of hydrogen-bond acceptors (Lipinski definition) is 3. The number of thioether (sulfide) groups is 1. The monoisotopic (exact) mass is 197 g/mol. The molecule has 0 spiro atoms. The second-order valence-electron chi connectivity index (χ2n) is 2.80. The maximum absolute atomic E-state index is 11.4. The van der Waals surface area contributed by atoms with Gasteiger partial charge in [0.25, 0.3) is 0 Å². The lowest BCUT2D eigenvalue weighted by atomic mass is 10.3. The normalized spacial score (nSPS) is 14.2. The second kappa shape index (κ2) is 3.46. The van der Waals surface area contributed by atoms with E-state index in [0.717, 1.165) is 17.3 Å². The van der Waals surface area contributed by atoms with Crippen LogP contribution in [0.2, 0.25) is 0 Å². The fourth-order valence-electron chi connectivity index (χ4n) is 1.40. The highest BCUT2D eigenvalue weighted by Gasteiger charge is 2.20. The summed E-state index contributed by atoms with van der Waals surface area (Å²) in [5.74, 6) is 0.855. The molecule has 4 heteroatoms. The minimum atomic E-state index is -0.203. The molecule has 0 atom stereocenters. The summed E-state index contributed by atoms with van der Waals surface area (Å²) >= 11 is 1.72. The van der Waals surface area contributed by atoms with Crippen molar-refractivity contribution in [1.82, 2.24) is 4.57 Å². The van der Waals surface area contributed by atoms with Crippen molar-refractivity contribution in [2.24, 2.45) is 0 Å². The summed E-state index contributed by atoms with van der Waals surface area (Å²) in [5, 5.41) is 1.05. The number of aryl methyl sites for hydroxylation is 1. The van der Waals surface area contributed by atoms with Gasteiger partial charge >= 0.3 is 5.97 Å². The van der Waals surface area contributed by atoms with E-state index < -0.39 is 0 Å². The first-order valence-electron chi connectivity index (χ1n) is 4.32. The van der Waals surface area contributed by atoms with Crippen LogP contribution in [-0.2, 0) is 11.3 Å². The highest BCUT2D eigenvalue weighted by Crippen LogP contribution is 2.30. The van der Waals surface area contributed by atoms with Crippen LogP contribution < -0.4 is 0 Å². The number of fused-ring (bicyclic) bond motifs is 1. The van der Waals surface area contributed by atoms with Crippen molar-refractivity contribution in [2.75, 3.05) is 12.4 Å². The van der Waals surface area contributed by atoms with Crippen molar-refractivity contribution < 1.29 is 9.53 Å². The van der Waals surface area contributed by atoms with Gasteiger partial charge in [-0.2, -0.15) is 0 Å². The van der Waals surface area contributed by atoms with Crippen LogP contribution in [0, 0.1) is 0 Å². The van der Waals surface area contributed by atoms with Crippen LogP contribution in [0.15, 0.2) is 17.3 Å². The van der Waals surface area contributed by atoms with Gasteiger partial charge in [-0.1, -0.05) is 0 Å². The van der Waals surface area contributed by atoms with Crippen molar-refractivity contribution >= 4 is 17.7 Å². The SMILES string of the molecule is CCOC(=O)c1ccn2c1SCC2. The van der Waals surface area contributed by atoms with E-state index >= 15 is 0 Å². The summed E-state index contributed by atoms with van der Waals surface area (Å²) < 4.78 is 7.04. The first-order valence-corrected chi connectivity index (χ1v) is 5.30. The molecule has 0 aliphatic carbocycles. The molecule has 0 amide bonds. The van der Waals surface area contributed by atoms with Crippen LogP contribution in [-0.4, -0.2) is 22.9 Å². The van der Waals surface area contributed by atoms with Crippen LogP contribution in [0.25, 0.3) is 0 Å². The third-order valence-electron chi connectivity index (χ3n) is 1.98. The van der Waals surface area contributed by atoms with Gasteiger partial charge in [0, 0.05) is 18.5 Å². The molecular weight excluding hydrogens is 186 g/mol. The second-order valence-corrected chi connectivity index (χ2v) is 3.88. The van der Waals surface area contributed by atoms with Crippen molar-refractivity contribution in [3.63, 3.8) is 0 Å². The number of hydrogen-bond donors (Lipinski definition) is 0. The first-order chi connectivity index (χ1) is 6.33. The van der Waals surface area contributed by atoms with Gasteiger partial charge in [0.2, 0.25) is 0 Å². The van der Waals surface area contributed by atoms with Crippen LogP contribution in [0.5, 0.6) is 0 Å². The average Bonchev–Trinajstić information content (AvgIpc) is 2.62. The molecular formula is C9H11NO2S. The van der Waals surface area contributed by atoms with E-state index in [0.29, 0.717) is 12.2 Å². The molecule has 0 fully saturated rings. The molecule has 1 aliphatic rings. The number of ether oxygens (including phenoxy) is 1. The average molecular weight is 197 g/mol. The Morgan fingerprint density at radius 2 is 2.62 bits per heavy atom. The van der Waals surface area contributed by atoms with Crippen molar-refractivity contribution in [3.8, 4) is 0 Å². The summed E-state index contributed by atoms with van der Waals surface area (Å²) in [6.07, 6.45) is 1.95. The number of esters is 1. The van der Waals surface area contributed by atoms with Gasteiger partial charge in [-0.3, -0.25) is 0 Å². The highest BCUT2D eigenvalue weighted by atomic mass is 32.2. The van der Waals surface area contributed by atoms with Gasteiger partial charge in [-0.05, 0) is 13.0 Å². The van der Waals surface area contributed by atoms with E-state index in [2.05, 4.69) is 4.57 Å². The topological polar surface area (TPSA) is 31.2 Å². The van der Waals surface area contributed by atoms with E-state index in [1.165, 1.54) is 0 Å². The molecule has 2 heterocycles. The quantitative estimate of drug-likeness (QED) is 0.677. The minimum absolute atomic E-state index is 0.203. The Kier molecular flexibility index (Phi) is 2.31. The van der Waals surface area contributed by atoms with Crippen LogP contribution >= 0.6 is 11.8 Å². The lowest BCUT2D eigenvalue weighted by Crippen LogP contribution is -2.04. The van der Waals surface area contributed by atoms with Gasteiger partial charge in [-0.25, -0.2) is 4.79 Å². The lowest BCUT2D eigenvalue weighted by Gasteiger charge is -2.00. The van der Waals surface area contributed by atoms with Gasteiger partial charge in [0.15, 0.2) is 0 Å². The first kappa shape index (κ1) is 8.69. The van der Waals surface area contributed by atoms with E-state index in [1.807, 2.05) is 19.2 Å². The molecule has 0 saturated carbocycles. The molecule has 1 aliphatic heterocycles. The van der Waals surface area contributed by atoms with Crippen molar-refractivity contribution in [3.05, 3.63) is 17.8 Å². The van der Waals surface area contributed by atoms with Crippen molar-refractivity contribution in [2.45, 2.75) is 18.5 Å². The fourth-order valence-corrected chi connectivity index (χ4v) is 2.51. The zero-order chi connectivity index (χ0) is 9.26. The fraction of sp³-hybridized carbons (Fsp3) is 0.444. The Balaban J connectivity index is 2.26. The predicted molar refractivity (Wildman–Crippen MR) is 51.1 cm³/mol. The van der Waals surface area contributed by atoms with E-state index in [4.69, 9.17) is 4.74 Å². The largest absolute Gasteiger partial charge is 0.462 e. The summed E-state index contributed by atoms with van der Waals surface area (Å²) in [6, 6.07) is 1.83. The summed E-state index contributed by atoms with van der Waals surface area (Å²) in [6.45, 7) is 3.26. The maximum atomic E-state index is 11.4.